The Morgan fingerprint density at radius 1 is 1.38 bits per heavy atom. The van der Waals surface area contributed by atoms with Crippen LogP contribution >= 0.6 is 11.6 Å². The first-order valence-electron chi connectivity index (χ1n) is 4.70. The monoisotopic (exact) mass is 244 g/mol. The molecule has 4 N–H and O–H groups in total. The van der Waals surface area contributed by atoms with Crippen molar-refractivity contribution >= 4 is 23.4 Å². The van der Waals surface area contributed by atoms with Crippen LogP contribution in [0.25, 0.3) is 0 Å². The molecule has 0 unspecified atom stereocenters. The van der Waals surface area contributed by atoms with Gasteiger partial charge in [-0.1, -0.05) is 17.7 Å². The number of ether oxygens (including phenoxy) is 1. The molecule has 0 atom stereocenters. The molecule has 0 aliphatic heterocycles. The predicted molar refractivity (Wildman–Crippen MR) is 66.3 cm³/mol. The first kappa shape index (κ1) is 14.6. The normalized spacial score (nSPS) is 10.0. The number of nitrogens with two attached hydrogens (primary N) is 2. The highest BCUT2D eigenvalue weighted by atomic mass is 35.5. The van der Waals surface area contributed by atoms with Gasteiger partial charge < -0.3 is 16.2 Å². The molecular formula is C11H17ClN2O2. The highest BCUT2D eigenvalue weighted by Crippen LogP contribution is 2.10. The summed E-state index contributed by atoms with van der Waals surface area (Å²) in [6, 6.07) is 7.11. The Labute approximate surface area is 101 Å². The summed E-state index contributed by atoms with van der Waals surface area (Å²) in [5.74, 6) is 0. The van der Waals surface area contributed by atoms with Gasteiger partial charge in [-0.25, -0.2) is 4.79 Å². The Morgan fingerprint density at radius 2 is 1.94 bits per heavy atom. The molecule has 0 aliphatic carbocycles. The molecule has 0 fully saturated rings. The lowest BCUT2D eigenvalue weighted by molar-refractivity contribution is 0.0600. The largest absolute Gasteiger partial charge is 0.444 e. The fourth-order valence-electron chi connectivity index (χ4n) is 0.808. The summed E-state index contributed by atoms with van der Waals surface area (Å²) in [6.07, 6.45) is -0.725. The first-order chi connectivity index (χ1) is 7.20. The van der Waals surface area contributed by atoms with E-state index in [1.807, 2.05) is 6.07 Å². The molecular weight excluding hydrogens is 228 g/mol. The van der Waals surface area contributed by atoms with E-state index < -0.39 is 11.7 Å². The number of hydrogen-bond donors (Lipinski definition) is 2. The topological polar surface area (TPSA) is 78.3 Å². The lowest BCUT2D eigenvalue weighted by atomic mass is 10.2. The van der Waals surface area contributed by atoms with E-state index in [0.717, 1.165) is 0 Å². The van der Waals surface area contributed by atoms with Crippen molar-refractivity contribution in [1.82, 2.24) is 0 Å². The zero-order valence-electron chi connectivity index (χ0n) is 9.66. The van der Waals surface area contributed by atoms with E-state index in [9.17, 15) is 4.79 Å². The van der Waals surface area contributed by atoms with Crippen molar-refractivity contribution < 1.29 is 9.53 Å². The quantitative estimate of drug-likeness (QED) is 0.689. The maximum Gasteiger partial charge on any atom is 0.405 e. The summed E-state index contributed by atoms with van der Waals surface area (Å²) in [5.41, 5.74) is 10.3. The lowest BCUT2D eigenvalue weighted by Crippen LogP contribution is -2.27. The molecule has 1 amide bonds. The fraction of sp³-hybridized carbons (Fsp3) is 0.364. The Balaban J connectivity index is 0.000000281. The maximum absolute atomic E-state index is 10.0. The number of amides is 1. The maximum atomic E-state index is 10.0. The van der Waals surface area contributed by atoms with Crippen LogP contribution in [-0.2, 0) is 4.74 Å². The van der Waals surface area contributed by atoms with Gasteiger partial charge in [-0.15, -0.1) is 0 Å². The van der Waals surface area contributed by atoms with Crippen LogP contribution < -0.4 is 11.5 Å². The summed E-state index contributed by atoms with van der Waals surface area (Å²) < 4.78 is 4.58. The van der Waals surface area contributed by atoms with E-state index in [4.69, 9.17) is 23.1 Å². The van der Waals surface area contributed by atoms with Crippen LogP contribution in [0.15, 0.2) is 24.3 Å². The summed E-state index contributed by atoms with van der Waals surface area (Å²) >= 11 is 5.56. The minimum Gasteiger partial charge on any atom is -0.444 e. The fourth-order valence-corrected chi connectivity index (χ4v) is 1.01. The molecule has 5 heteroatoms. The second kappa shape index (κ2) is 6.23. The average molecular weight is 245 g/mol. The Morgan fingerprint density at radius 3 is 2.12 bits per heavy atom. The number of benzene rings is 1. The van der Waals surface area contributed by atoms with Gasteiger partial charge in [0.15, 0.2) is 0 Å². The van der Waals surface area contributed by atoms with Gasteiger partial charge in [0, 0.05) is 10.7 Å². The highest BCUT2D eigenvalue weighted by Gasteiger charge is 2.12. The van der Waals surface area contributed by atoms with Crippen LogP contribution in [0, 0.1) is 0 Å². The van der Waals surface area contributed by atoms with Gasteiger partial charge >= 0.3 is 6.09 Å². The molecule has 1 rings (SSSR count). The molecule has 16 heavy (non-hydrogen) atoms. The van der Waals surface area contributed by atoms with E-state index >= 15 is 0 Å². The van der Waals surface area contributed by atoms with Crippen LogP contribution in [0.4, 0.5) is 10.5 Å². The molecule has 1 aromatic rings. The van der Waals surface area contributed by atoms with Crippen molar-refractivity contribution in [2.24, 2.45) is 5.73 Å². The Kier molecular flexibility index (Phi) is 5.67. The van der Waals surface area contributed by atoms with E-state index in [2.05, 4.69) is 4.74 Å². The van der Waals surface area contributed by atoms with Crippen molar-refractivity contribution in [3.8, 4) is 0 Å². The zero-order valence-corrected chi connectivity index (χ0v) is 10.4. The number of anilines is 1. The van der Waals surface area contributed by atoms with Crippen molar-refractivity contribution in [1.29, 1.82) is 0 Å². The molecule has 1 aromatic carbocycles. The van der Waals surface area contributed by atoms with Crippen LogP contribution in [0.1, 0.15) is 20.8 Å². The van der Waals surface area contributed by atoms with Gasteiger partial charge in [-0.3, -0.25) is 0 Å². The smallest absolute Gasteiger partial charge is 0.405 e. The van der Waals surface area contributed by atoms with Crippen molar-refractivity contribution in [3.05, 3.63) is 29.3 Å². The second-order valence-corrected chi connectivity index (χ2v) is 4.52. The third-order valence-corrected chi connectivity index (χ3v) is 1.49. The Bertz CT molecular complexity index is 331. The standard InChI is InChI=1S/C6H6ClN.C5H11NO2/c7-5-2-1-3-6(8)4-5;1-5(2,3)8-4(6)7/h1-4H,8H2;1-3H3,(H2,6,7). The average Bonchev–Trinajstić information content (AvgIpc) is 1.98. The van der Waals surface area contributed by atoms with Gasteiger partial charge in [-0.05, 0) is 39.0 Å². The number of halogens is 1. The van der Waals surface area contributed by atoms with Crippen molar-refractivity contribution in [2.45, 2.75) is 26.4 Å². The number of carbonyl (C=O) groups is 1. The van der Waals surface area contributed by atoms with E-state index in [1.54, 1.807) is 39.0 Å². The minimum atomic E-state index is -0.725. The minimum absolute atomic E-state index is 0.453. The summed E-state index contributed by atoms with van der Waals surface area (Å²) in [7, 11) is 0. The molecule has 0 aromatic heterocycles. The third kappa shape index (κ3) is 9.15. The van der Waals surface area contributed by atoms with Gasteiger partial charge in [-0.2, -0.15) is 0 Å². The Hall–Kier alpha value is -1.42. The van der Waals surface area contributed by atoms with Gasteiger partial charge in [0.2, 0.25) is 0 Å². The van der Waals surface area contributed by atoms with Crippen molar-refractivity contribution in [3.63, 3.8) is 0 Å². The number of hydrogen-bond acceptors (Lipinski definition) is 3. The summed E-state index contributed by atoms with van der Waals surface area (Å²) in [6.45, 7) is 5.28. The van der Waals surface area contributed by atoms with E-state index in [1.165, 1.54) is 0 Å². The zero-order chi connectivity index (χ0) is 12.8. The van der Waals surface area contributed by atoms with Crippen LogP contribution in [0.5, 0.6) is 0 Å². The van der Waals surface area contributed by atoms with Gasteiger partial charge in [0.05, 0.1) is 0 Å². The molecule has 90 valence electrons. The first-order valence-corrected chi connectivity index (χ1v) is 5.08. The van der Waals surface area contributed by atoms with E-state index in [0.29, 0.717) is 10.7 Å². The van der Waals surface area contributed by atoms with Crippen molar-refractivity contribution in [2.75, 3.05) is 5.73 Å². The molecule has 0 saturated carbocycles. The molecule has 0 saturated heterocycles. The van der Waals surface area contributed by atoms with Gasteiger partial charge in [0.25, 0.3) is 0 Å². The number of primary amides is 1. The van der Waals surface area contributed by atoms with E-state index in [-0.39, 0.29) is 0 Å². The van der Waals surface area contributed by atoms with Crippen LogP contribution in [0.2, 0.25) is 5.02 Å². The van der Waals surface area contributed by atoms with Crippen LogP contribution in [-0.4, -0.2) is 11.7 Å². The highest BCUT2D eigenvalue weighted by molar-refractivity contribution is 6.30. The lowest BCUT2D eigenvalue weighted by Gasteiger charge is -2.16. The second-order valence-electron chi connectivity index (χ2n) is 4.09. The molecule has 0 spiro atoms. The number of carbonyl (C=O) groups excluding carboxylic acids is 1. The molecule has 4 nitrogen and oxygen atoms in total. The molecule has 0 aliphatic rings. The predicted octanol–water partition coefficient (Wildman–Crippen LogP) is 2.80. The summed E-state index contributed by atoms with van der Waals surface area (Å²) in [4.78, 5) is 10.0. The molecule has 0 radical (unpaired) electrons. The number of nitrogen functional groups attached to an aromatic ring is 1. The van der Waals surface area contributed by atoms with Crippen LogP contribution in [0.3, 0.4) is 0 Å². The number of rotatable bonds is 0. The summed E-state index contributed by atoms with van der Waals surface area (Å²) in [5, 5.41) is 0.685. The van der Waals surface area contributed by atoms with Gasteiger partial charge in [0.1, 0.15) is 5.60 Å². The third-order valence-electron chi connectivity index (χ3n) is 1.26. The SMILES string of the molecule is CC(C)(C)OC(N)=O.Nc1cccc(Cl)c1. The molecule has 0 bridgehead atoms. The molecule has 0 heterocycles.